The lowest BCUT2D eigenvalue weighted by molar-refractivity contribution is -0.131. The minimum atomic E-state index is 0.191. The van der Waals surface area contributed by atoms with Crippen molar-refractivity contribution in [2.75, 3.05) is 13.1 Å². The number of piperidine rings is 1. The second-order valence-electron chi connectivity index (χ2n) is 7.03. The summed E-state index contributed by atoms with van der Waals surface area (Å²) in [5, 5.41) is 2.97. The third-order valence-electron chi connectivity index (χ3n) is 5.31. The Morgan fingerprint density at radius 1 is 1.35 bits per heavy atom. The number of hydrogen-bond acceptors (Lipinski definition) is 3. The highest BCUT2D eigenvalue weighted by atomic mass is 35.5. The number of nitrogens with zero attached hydrogens (tertiary/aromatic N) is 2. The Bertz CT molecular complexity index is 934. The van der Waals surface area contributed by atoms with Gasteiger partial charge in [0.15, 0.2) is 0 Å². The molecular weight excluding hydrogens is 366 g/mol. The number of thiazole rings is 1. The van der Waals surface area contributed by atoms with Crippen LogP contribution in [0.4, 0.5) is 0 Å². The molecule has 0 spiro atoms. The molecule has 2 aromatic heterocycles. The maximum Gasteiger partial charge on any atom is 0.227 e. The highest BCUT2D eigenvalue weighted by Gasteiger charge is 2.26. The van der Waals surface area contributed by atoms with Crippen LogP contribution in [0.5, 0.6) is 0 Å². The number of halogens is 1. The smallest absolute Gasteiger partial charge is 0.227 e. The van der Waals surface area contributed by atoms with E-state index in [1.165, 1.54) is 9.88 Å². The molecule has 1 fully saturated rings. The lowest BCUT2D eigenvalue weighted by atomic mass is 9.97. The first-order valence-corrected chi connectivity index (χ1v) is 10.2. The van der Waals surface area contributed by atoms with Crippen LogP contribution in [-0.2, 0) is 11.2 Å². The molecule has 1 aromatic carbocycles. The Morgan fingerprint density at radius 3 is 2.81 bits per heavy atom. The van der Waals surface area contributed by atoms with Gasteiger partial charge >= 0.3 is 0 Å². The van der Waals surface area contributed by atoms with Gasteiger partial charge in [-0.05, 0) is 50.5 Å². The van der Waals surface area contributed by atoms with Crippen LogP contribution in [0, 0.1) is 13.8 Å². The van der Waals surface area contributed by atoms with Crippen molar-refractivity contribution in [3.63, 3.8) is 0 Å². The van der Waals surface area contributed by atoms with Crippen LogP contribution in [0.2, 0.25) is 5.02 Å². The molecule has 4 rings (SSSR count). The van der Waals surface area contributed by atoms with Gasteiger partial charge in [0.25, 0.3) is 0 Å². The predicted octanol–water partition coefficient (Wildman–Crippen LogP) is 4.84. The molecule has 3 aromatic rings. The highest BCUT2D eigenvalue weighted by molar-refractivity contribution is 7.11. The molecule has 136 valence electrons. The SMILES string of the molecule is Cc1nc(C2CCN(C(=O)Cc3c[nH]c4ccc(Cl)cc34)CC2)sc1C. The zero-order valence-corrected chi connectivity index (χ0v) is 16.6. The van der Waals surface area contributed by atoms with E-state index >= 15 is 0 Å². The molecule has 0 atom stereocenters. The van der Waals surface area contributed by atoms with Crippen molar-refractivity contribution in [3.05, 3.63) is 50.6 Å². The lowest BCUT2D eigenvalue weighted by Crippen LogP contribution is -2.38. The molecule has 0 unspecified atom stereocenters. The minimum Gasteiger partial charge on any atom is -0.361 e. The fourth-order valence-electron chi connectivity index (χ4n) is 3.62. The van der Waals surface area contributed by atoms with Gasteiger partial charge in [0.05, 0.1) is 17.1 Å². The minimum absolute atomic E-state index is 0.191. The molecule has 4 nitrogen and oxygen atoms in total. The van der Waals surface area contributed by atoms with Crippen molar-refractivity contribution in [1.29, 1.82) is 0 Å². The van der Waals surface area contributed by atoms with Crippen molar-refractivity contribution < 1.29 is 4.79 Å². The van der Waals surface area contributed by atoms with E-state index in [-0.39, 0.29) is 5.91 Å². The predicted molar refractivity (Wildman–Crippen MR) is 107 cm³/mol. The largest absolute Gasteiger partial charge is 0.361 e. The van der Waals surface area contributed by atoms with Crippen LogP contribution in [0.3, 0.4) is 0 Å². The molecule has 1 aliphatic heterocycles. The van der Waals surface area contributed by atoms with Gasteiger partial charge in [-0.25, -0.2) is 4.98 Å². The second-order valence-corrected chi connectivity index (χ2v) is 8.70. The maximum absolute atomic E-state index is 12.8. The summed E-state index contributed by atoms with van der Waals surface area (Å²) in [4.78, 5) is 24.0. The van der Waals surface area contributed by atoms with Crippen molar-refractivity contribution in [3.8, 4) is 0 Å². The van der Waals surface area contributed by atoms with E-state index in [4.69, 9.17) is 16.6 Å². The van der Waals surface area contributed by atoms with E-state index in [0.29, 0.717) is 17.4 Å². The Kier molecular flexibility index (Phi) is 4.76. The Hall–Kier alpha value is -1.85. The van der Waals surface area contributed by atoms with Gasteiger partial charge in [-0.15, -0.1) is 11.3 Å². The number of carbonyl (C=O) groups excluding carboxylic acids is 1. The number of nitrogens with one attached hydrogen (secondary N) is 1. The maximum atomic E-state index is 12.8. The van der Waals surface area contributed by atoms with Gasteiger partial charge in [-0.3, -0.25) is 4.79 Å². The van der Waals surface area contributed by atoms with Crippen LogP contribution in [-0.4, -0.2) is 33.9 Å². The normalized spacial score (nSPS) is 15.7. The molecular formula is C20H22ClN3OS. The van der Waals surface area contributed by atoms with Crippen LogP contribution >= 0.6 is 22.9 Å². The molecule has 6 heteroatoms. The topological polar surface area (TPSA) is 49.0 Å². The number of H-pyrrole nitrogens is 1. The number of likely N-dealkylation sites (tertiary alicyclic amines) is 1. The van der Waals surface area contributed by atoms with Crippen molar-refractivity contribution in [2.24, 2.45) is 0 Å². The van der Waals surface area contributed by atoms with Gasteiger partial charge in [-0.2, -0.15) is 0 Å². The summed E-state index contributed by atoms with van der Waals surface area (Å²) in [6, 6.07) is 5.74. The molecule has 26 heavy (non-hydrogen) atoms. The van der Waals surface area contributed by atoms with Crippen LogP contribution in [0.1, 0.15) is 39.9 Å². The summed E-state index contributed by atoms with van der Waals surface area (Å²) in [6.07, 6.45) is 4.34. The standard InChI is InChI=1S/C20H22ClN3OS/c1-12-13(2)26-20(23-12)14-5-7-24(8-6-14)19(25)9-15-11-22-18-4-3-16(21)10-17(15)18/h3-4,10-11,14,22H,5-9H2,1-2H3. The van der Waals surface area contributed by atoms with E-state index in [1.807, 2.05) is 29.3 Å². The first-order chi connectivity index (χ1) is 12.5. The van der Waals surface area contributed by atoms with Crippen molar-refractivity contribution in [1.82, 2.24) is 14.9 Å². The monoisotopic (exact) mass is 387 g/mol. The number of benzene rings is 1. The first-order valence-electron chi connectivity index (χ1n) is 8.98. The van der Waals surface area contributed by atoms with E-state index < -0.39 is 0 Å². The van der Waals surface area contributed by atoms with Crippen LogP contribution in [0.15, 0.2) is 24.4 Å². The van der Waals surface area contributed by atoms with Crippen LogP contribution in [0.25, 0.3) is 10.9 Å². The average Bonchev–Trinajstić information content (AvgIpc) is 3.18. The molecule has 1 saturated heterocycles. The lowest BCUT2D eigenvalue weighted by Gasteiger charge is -2.31. The summed E-state index contributed by atoms with van der Waals surface area (Å²) in [7, 11) is 0. The molecule has 0 radical (unpaired) electrons. The number of hydrogen-bond donors (Lipinski definition) is 1. The van der Waals surface area contributed by atoms with Gasteiger partial charge < -0.3 is 9.88 Å². The van der Waals surface area contributed by atoms with Gasteiger partial charge in [0.1, 0.15) is 0 Å². The molecule has 3 heterocycles. The quantitative estimate of drug-likeness (QED) is 0.698. The average molecular weight is 388 g/mol. The van der Waals surface area contributed by atoms with E-state index in [1.54, 1.807) is 11.3 Å². The number of fused-ring (bicyclic) bond motifs is 1. The van der Waals surface area contributed by atoms with Gasteiger partial charge in [-0.1, -0.05) is 11.6 Å². The van der Waals surface area contributed by atoms with Crippen LogP contribution < -0.4 is 0 Å². The van der Waals surface area contributed by atoms with Crippen molar-refractivity contribution >= 4 is 39.7 Å². The van der Waals surface area contributed by atoms with Gasteiger partial charge in [0.2, 0.25) is 5.91 Å². The van der Waals surface area contributed by atoms with Crippen molar-refractivity contribution in [2.45, 2.75) is 39.0 Å². The third kappa shape index (κ3) is 3.38. The number of amides is 1. The molecule has 1 amide bonds. The molecule has 0 saturated carbocycles. The molecule has 0 aliphatic carbocycles. The Morgan fingerprint density at radius 2 is 2.12 bits per heavy atom. The van der Waals surface area contributed by atoms with Gasteiger partial charge in [0, 0.05) is 46.0 Å². The Balaban J connectivity index is 1.41. The zero-order valence-electron chi connectivity index (χ0n) is 15.0. The number of rotatable bonds is 3. The van der Waals surface area contributed by atoms with E-state index in [9.17, 15) is 4.79 Å². The van der Waals surface area contributed by atoms with E-state index in [0.717, 1.165) is 48.1 Å². The number of aromatic nitrogens is 2. The highest BCUT2D eigenvalue weighted by Crippen LogP contribution is 2.32. The third-order valence-corrected chi connectivity index (χ3v) is 6.78. The summed E-state index contributed by atoms with van der Waals surface area (Å²) < 4.78 is 0. The summed E-state index contributed by atoms with van der Waals surface area (Å²) in [5.74, 6) is 0.680. The van der Waals surface area contributed by atoms with E-state index in [2.05, 4.69) is 18.8 Å². The fourth-order valence-corrected chi connectivity index (χ4v) is 4.88. The Labute approximate surface area is 162 Å². The number of aromatic amines is 1. The first kappa shape index (κ1) is 17.6. The summed E-state index contributed by atoms with van der Waals surface area (Å²) >= 11 is 7.91. The second kappa shape index (κ2) is 7.05. The molecule has 1 aliphatic rings. The number of aryl methyl sites for hydroxylation is 2. The fraction of sp³-hybridized carbons (Fsp3) is 0.400. The zero-order chi connectivity index (χ0) is 18.3. The summed E-state index contributed by atoms with van der Waals surface area (Å²) in [5.41, 5.74) is 3.17. The number of carbonyl (C=O) groups is 1. The molecule has 1 N–H and O–H groups in total. The summed E-state index contributed by atoms with van der Waals surface area (Å²) in [6.45, 7) is 5.82. The molecule has 0 bridgehead atoms.